The molecular formula is C25H31BrN2O5. The number of hydrogen-bond donors (Lipinski definition) is 4. The summed E-state index contributed by atoms with van der Waals surface area (Å²) in [7, 11) is 0. The van der Waals surface area contributed by atoms with Gasteiger partial charge in [0.2, 0.25) is 6.41 Å². The highest BCUT2D eigenvalue weighted by atomic mass is 79.9. The van der Waals surface area contributed by atoms with Crippen LogP contribution in [0.3, 0.4) is 0 Å². The molecule has 4 N–H and O–H groups in total. The lowest BCUT2D eigenvalue weighted by Gasteiger charge is -2.39. The molecule has 1 aromatic heterocycles. The maximum absolute atomic E-state index is 10.9. The zero-order valence-electron chi connectivity index (χ0n) is 18.9. The molecule has 0 saturated carbocycles. The number of nitrogens with zero attached hydrogens (tertiary/aromatic N) is 1. The minimum absolute atomic E-state index is 0.106. The number of fused-ring (bicyclic) bond motifs is 3. The van der Waals surface area contributed by atoms with Crippen molar-refractivity contribution in [2.45, 2.75) is 51.4 Å². The van der Waals surface area contributed by atoms with E-state index in [1.807, 2.05) is 49.1 Å². The van der Waals surface area contributed by atoms with Gasteiger partial charge in [0.25, 0.3) is 0 Å². The predicted molar refractivity (Wildman–Crippen MR) is 130 cm³/mol. The van der Waals surface area contributed by atoms with Gasteiger partial charge in [-0.15, -0.1) is 0 Å². The average molecular weight is 519 g/mol. The molecule has 7 nitrogen and oxygen atoms in total. The molecule has 0 fully saturated rings. The van der Waals surface area contributed by atoms with Crippen molar-refractivity contribution < 1.29 is 24.8 Å². The number of nitrogens with one attached hydrogen (secondary N) is 1. The standard InChI is InChI=1S/C25H31BrN2O5/c1-15(2)33-25(31)28-11-9-20-21-13-17(26)5-8-22(21)27-23(20)24(28)16-3-6-19(7-4-16)32-12-10-18(30)14-29/h3-8,13,15,18,24-25,27,29-31H,9-12,14H2,1-2H3. The molecule has 0 radical (unpaired) electrons. The lowest BCUT2D eigenvalue weighted by molar-refractivity contribution is -0.221. The molecule has 2 aromatic carbocycles. The van der Waals surface area contributed by atoms with Gasteiger partial charge in [-0.3, -0.25) is 0 Å². The van der Waals surface area contributed by atoms with Gasteiger partial charge in [0.1, 0.15) is 5.75 Å². The van der Waals surface area contributed by atoms with Crippen molar-refractivity contribution in [3.05, 3.63) is 63.8 Å². The van der Waals surface area contributed by atoms with Gasteiger partial charge >= 0.3 is 0 Å². The normalized spacial score (nSPS) is 18.5. The largest absolute Gasteiger partial charge is 0.493 e. The third-order valence-electron chi connectivity index (χ3n) is 5.93. The van der Waals surface area contributed by atoms with E-state index in [0.717, 1.165) is 27.7 Å². The number of rotatable bonds is 9. The third-order valence-corrected chi connectivity index (χ3v) is 6.42. The van der Waals surface area contributed by atoms with Crippen LogP contribution in [-0.2, 0) is 11.2 Å². The quantitative estimate of drug-likeness (QED) is 0.322. The van der Waals surface area contributed by atoms with Gasteiger partial charge in [-0.1, -0.05) is 28.1 Å². The van der Waals surface area contributed by atoms with E-state index in [9.17, 15) is 10.2 Å². The Bertz CT molecular complexity index is 1070. The Balaban J connectivity index is 1.65. The van der Waals surface area contributed by atoms with Crippen molar-refractivity contribution in [3.8, 4) is 5.75 Å². The predicted octanol–water partition coefficient (Wildman–Crippen LogP) is 3.70. The molecule has 1 aliphatic rings. The Kier molecular flexibility index (Phi) is 7.73. The first-order valence-electron chi connectivity index (χ1n) is 11.3. The van der Waals surface area contributed by atoms with Crippen LogP contribution < -0.4 is 4.74 Å². The van der Waals surface area contributed by atoms with E-state index in [1.165, 1.54) is 10.9 Å². The zero-order valence-corrected chi connectivity index (χ0v) is 20.5. The summed E-state index contributed by atoms with van der Waals surface area (Å²) in [5.41, 5.74) is 4.38. The van der Waals surface area contributed by atoms with Crippen LogP contribution in [0.2, 0.25) is 0 Å². The van der Waals surface area contributed by atoms with Crippen LogP contribution in [0, 0.1) is 0 Å². The highest BCUT2D eigenvalue weighted by Crippen LogP contribution is 2.40. The Morgan fingerprint density at radius 2 is 1.91 bits per heavy atom. The molecule has 0 spiro atoms. The molecule has 178 valence electrons. The summed E-state index contributed by atoms with van der Waals surface area (Å²) in [6.07, 6.45) is -0.748. The van der Waals surface area contributed by atoms with Crippen LogP contribution in [0.25, 0.3) is 10.9 Å². The fraction of sp³-hybridized carbons (Fsp3) is 0.440. The molecule has 1 aliphatic heterocycles. The van der Waals surface area contributed by atoms with Crippen LogP contribution in [0.15, 0.2) is 46.9 Å². The molecule has 3 aromatic rings. The number of aromatic amines is 1. The lowest BCUT2D eigenvalue weighted by atomic mass is 9.92. The Labute approximate surface area is 202 Å². The molecule has 4 rings (SSSR count). The number of hydrogen-bond acceptors (Lipinski definition) is 6. The van der Waals surface area contributed by atoms with Crippen LogP contribution in [-0.4, -0.2) is 63.6 Å². The topological polar surface area (TPSA) is 98.2 Å². The van der Waals surface area contributed by atoms with Gasteiger partial charge in [0, 0.05) is 34.0 Å². The average Bonchev–Trinajstić information content (AvgIpc) is 3.16. The van der Waals surface area contributed by atoms with Crippen molar-refractivity contribution >= 4 is 26.8 Å². The zero-order chi connectivity index (χ0) is 23.5. The number of ether oxygens (including phenoxy) is 2. The molecule has 3 unspecified atom stereocenters. The molecule has 0 bridgehead atoms. The van der Waals surface area contributed by atoms with E-state index < -0.39 is 12.5 Å². The van der Waals surface area contributed by atoms with Gasteiger partial charge < -0.3 is 29.8 Å². The highest BCUT2D eigenvalue weighted by molar-refractivity contribution is 9.10. The lowest BCUT2D eigenvalue weighted by Crippen LogP contribution is -2.45. The first kappa shape index (κ1) is 24.2. The van der Waals surface area contributed by atoms with E-state index in [2.05, 4.69) is 33.0 Å². The van der Waals surface area contributed by atoms with Gasteiger partial charge in [0.15, 0.2) is 0 Å². The van der Waals surface area contributed by atoms with E-state index >= 15 is 0 Å². The molecule has 3 atom stereocenters. The van der Waals surface area contributed by atoms with Gasteiger partial charge in [-0.2, -0.15) is 0 Å². The summed E-state index contributed by atoms with van der Waals surface area (Å²) >= 11 is 3.58. The van der Waals surface area contributed by atoms with E-state index in [4.69, 9.17) is 14.6 Å². The molecule has 0 amide bonds. The summed E-state index contributed by atoms with van der Waals surface area (Å²) in [4.78, 5) is 5.56. The van der Waals surface area contributed by atoms with E-state index in [-0.39, 0.29) is 18.8 Å². The fourth-order valence-corrected chi connectivity index (χ4v) is 4.71. The van der Waals surface area contributed by atoms with Crippen LogP contribution in [0.4, 0.5) is 0 Å². The number of aromatic nitrogens is 1. The minimum atomic E-state index is -1.03. The van der Waals surface area contributed by atoms with Crippen LogP contribution >= 0.6 is 15.9 Å². The third kappa shape index (κ3) is 5.42. The van der Waals surface area contributed by atoms with Crippen LogP contribution in [0.5, 0.6) is 5.75 Å². The van der Waals surface area contributed by atoms with Gasteiger partial charge in [-0.05, 0) is 61.7 Å². The summed E-state index contributed by atoms with van der Waals surface area (Å²) < 4.78 is 12.5. The summed E-state index contributed by atoms with van der Waals surface area (Å²) in [5.74, 6) is 0.686. The second-order valence-corrected chi connectivity index (χ2v) is 9.57. The SMILES string of the molecule is CC(C)OC(O)N1CCc2c([nH]c3ccc(Br)cc23)C1c1ccc(OCCC(O)CO)cc1. The summed E-state index contributed by atoms with van der Waals surface area (Å²) in [5, 5.41) is 30.5. The minimum Gasteiger partial charge on any atom is -0.493 e. The van der Waals surface area contributed by atoms with Crippen LogP contribution in [0.1, 0.15) is 43.1 Å². The van der Waals surface area contributed by atoms with Crippen molar-refractivity contribution in [1.29, 1.82) is 0 Å². The first-order valence-corrected chi connectivity index (χ1v) is 12.1. The van der Waals surface area contributed by atoms with Crippen molar-refractivity contribution in [2.24, 2.45) is 0 Å². The second-order valence-electron chi connectivity index (χ2n) is 8.65. The highest BCUT2D eigenvalue weighted by Gasteiger charge is 2.36. The Morgan fingerprint density at radius 3 is 2.61 bits per heavy atom. The van der Waals surface area contributed by atoms with Crippen molar-refractivity contribution in [2.75, 3.05) is 19.8 Å². The molecular weight excluding hydrogens is 488 g/mol. The molecule has 33 heavy (non-hydrogen) atoms. The second kappa shape index (κ2) is 10.5. The molecule has 8 heteroatoms. The number of aliphatic hydroxyl groups excluding tert-OH is 3. The van der Waals surface area contributed by atoms with Crippen molar-refractivity contribution in [3.63, 3.8) is 0 Å². The maximum atomic E-state index is 10.9. The molecule has 0 aliphatic carbocycles. The van der Waals surface area contributed by atoms with E-state index in [0.29, 0.717) is 25.3 Å². The van der Waals surface area contributed by atoms with E-state index in [1.54, 1.807) is 0 Å². The fourth-order valence-electron chi connectivity index (χ4n) is 4.35. The number of aliphatic hydroxyl groups is 3. The molecule has 0 saturated heterocycles. The van der Waals surface area contributed by atoms with Crippen molar-refractivity contribution in [1.82, 2.24) is 9.88 Å². The summed E-state index contributed by atoms with van der Waals surface area (Å²) in [6.45, 7) is 4.52. The number of halogens is 1. The summed E-state index contributed by atoms with van der Waals surface area (Å²) in [6, 6.07) is 13.8. The molecule has 2 heterocycles. The number of benzene rings is 2. The Hall–Kier alpha value is -1.94. The van der Waals surface area contributed by atoms with Gasteiger partial charge in [-0.25, -0.2) is 4.90 Å². The first-order chi connectivity index (χ1) is 15.9. The van der Waals surface area contributed by atoms with Gasteiger partial charge in [0.05, 0.1) is 31.5 Å². The monoisotopic (exact) mass is 518 g/mol. The smallest absolute Gasteiger partial charge is 0.217 e. The Morgan fingerprint density at radius 1 is 1.15 bits per heavy atom. The number of H-pyrrole nitrogens is 1. The maximum Gasteiger partial charge on any atom is 0.217 e.